The van der Waals surface area contributed by atoms with Crippen molar-refractivity contribution in [1.29, 1.82) is 0 Å². The van der Waals surface area contributed by atoms with Crippen LogP contribution in [0.1, 0.15) is 18.1 Å². The van der Waals surface area contributed by atoms with Gasteiger partial charge in [-0.1, -0.05) is 24.6 Å². The van der Waals surface area contributed by atoms with Crippen LogP contribution in [-0.2, 0) is 11.2 Å². The predicted molar refractivity (Wildman–Crippen MR) is 129 cm³/mol. The van der Waals surface area contributed by atoms with Gasteiger partial charge in [-0.25, -0.2) is 4.68 Å². The van der Waals surface area contributed by atoms with Crippen molar-refractivity contribution in [2.24, 2.45) is 0 Å². The predicted octanol–water partition coefficient (Wildman–Crippen LogP) is 4.06. The zero-order chi connectivity index (χ0) is 22.1. The second kappa shape index (κ2) is 9.10. The number of hydrogen-bond donors (Lipinski definition) is 1. The van der Waals surface area contributed by atoms with Gasteiger partial charge in [-0.3, -0.25) is 4.90 Å². The van der Waals surface area contributed by atoms with E-state index in [0.29, 0.717) is 12.0 Å². The molecule has 0 saturated carbocycles. The van der Waals surface area contributed by atoms with E-state index in [9.17, 15) is 0 Å². The van der Waals surface area contributed by atoms with Gasteiger partial charge in [-0.05, 0) is 54.8 Å². The second-order valence-corrected chi connectivity index (χ2v) is 8.93. The summed E-state index contributed by atoms with van der Waals surface area (Å²) in [4.78, 5) is 9.47. The molecule has 2 saturated heterocycles. The first-order chi connectivity index (χ1) is 15.6. The number of hydrogen-bond acceptors (Lipinski definition) is 6. The fourth-order valence-electron chi connectivity index (χ4n) is 4.21. The molecule has 0 atom stereocenters. The minimum Gasteiger partial charge on any atom is -0.378 e. The van der Waals surface area contributed by atoms with Crippen LogP contribution in [0.5, 0.6) is 0 Å². The average Bonchev–Trinajstić information content (AvgIpc) is 3.23. The lowest BCUT2D eigenvalue weighted by Gasteiger charge is -2.43. The van der Waals surface area contributed by atoms with E-state index < -0.39 is 0 Å². The SMILES string of the molecule is CCc1cc(Nc2ncn(-c3ccc(C)c(Cl)c3)n2)cc(N2CCN(C3COC3)CC2)c1. The molecule has 0 spiro atoms. The van der Waals surface area contributed by atoms with Crippen LogP contribution in [0.2, 0.25) is 5.02 Å². The van der Waals surface area contributed by atoms with Crippen LogP contribution in [0, 0.1) is 6.92 Å². The van der Waals surface area contributed by atoms with Gasteiger partial charge in [0, 0.05) is 42.6 Å². The van der Waals surface area contributed by atoms with E-state index in [4.69, 9.17) is 16.3 Å². The molecule has 0 aliphatic carbocycles. The van der Waals surface area contributed by atoms with Gasteiger partial charge < -0.3 is 15.0 Å². The Bertz CT molecular complexity index is 1090. The summed E-state index contributed by atoms with van der Waals surface area (Å²) in [5.74, 6) is 0.565. The van der Waals surface area contributed by atoms with E-state index in [-0.39, 0.29) is 0 Å². The molecule has 168 valence electrons. The number of nitrogens with zero attached hydrogens (tertiary/aromatic N) is 5. The van der Waals surface area contributed by atoms with Crippen molar-refractivity contribution >= 4 is 28.9 Å². The Morgan fingerprint density at radius 3 is 2.56 bits per heavy atom. The molecule has 1 N–H and O–H groups in total. The Labute approximate surface area is 193 Å². The summed E-state index contributed by atoms with van der Waals surface area (Å²) in [5.41, 5.74) is 5.48. The third-order valence-electron chi connectivity index (χ3n) is 6.37. The number of anilines is 3. The number of benzene rings is 2. The third kappa shape index (κ3) is 4.46. The minimum atomic E-state index is 0.565. The van der Waals surface area contributed by atoms with Crippen molar-refractivity contribution < 1.29 is 4.74 Å². The van der Waals surface area contributed by atoms with Gasteiger partial charge in [0.05, 0.1) is 24.9 Å². The molecular weight excluding hydrogens is 424 g/mol. The lowest BCUT2D eigenvalue weighted by atomic mass is 10.1. The van der Waals surface area contributed by atoms with E-state index in [0.717, 1.165) is 67.8 Å². The average molecular weight is 453 g/mol. The molecular formula is C24H29ClN6O. The molecule has 3 heterocycles. The van der Waals surface area contributed by atoms with Crippen LogP contribution in [0.4, 0.5) is 17.3 Å². The Morgan fingerprint density at radius 2 is 1.88 bits per heavy atom. The van der Waals surface area contributed by atoms with Gasteiger partial charge in [0.25, 0.3) is 0 Å². The topological polar surface area (TPSA) is 58.5 Å². The smallest absolute Gasteiger partial charge is 0.246 e. The molecule has 2 aliphatic rings. The normalized spacial score (nSPS) is 17.4. The van der Waals surface area contributed by atoms with Crippen LogP contribution in [0.15, 0.2) is 42.7 Å². The molecule has 8 heteroatoms. The second-order valence-electron chi connectivity index (χ2n) is 8.53. The lowest BCUT2D eigenvalue weighted by molar-refractivity contribution is -0.0660. The molecule has 0 bridgehead atoms. The molecule has 1 aromatic heterocycles. The maximum absolute atomic E-state index is 6.27. The van der Waals surface area contributed by atoms with E-state index in [1.165, 1.54) is 11.3 Å². The fraction of sp³-hybridized carbons (Fsp3) is 0.417. The van der Waals surface area contributed by atoms with Crippen molar-refractivity contribution in [1.82, 2.24) is 19.7 Å². The summed E-state index contributed by atoms with van der Waals surface area (Å²) in [7, 11) is 0. The monoisotopic (exact) mass is 452 g/mol. The number of halogens is 1. The van der Waals surface area contributed by atoms with Crippen LogP contribution >= 0.6 is 11.6 Å². The first-order valence-corrected chi connectivity index (χ1v) is 11.6. The summed E-state index contributed by atoms with van der Waals surface area (Å²) in [6, 6.07) is 13.2. The highest BCUT2D eigenvalue weighted by Gasteiger charge is 2.29. The van der Waals surface area contributed by atoms with E-state index in [2.05, 4.69) is 50.3 Å². The molecule has 2 aliphatic heterocycles. The zero-order valence-corrected chi connectivity index (χ0v) is 19.3. The molecule has 0 unspecified atom stereocenters. The molecule has 3 aromatic rings. The van der Waals surface area contributed by atoms with Gasteiger partial charge in [-0.15, -0.1) is 5.10 Å². The van der Waals surface area contributed by atoms with E-state index >= 15 is 0 Å². The van der Waals surface area contributed by atoms with Crippen LogP contribution in [0.25, 0.3) is 5.69 Å². The summed E-state index contributed by atoms with van der Waals surface area (Å²) in [6.45, 7) is 10.2. The minimum absolute atomic E-state index is 0.565. The molecule has 32 heavy (non-hydrogen) atoms. The Hall–Kier alpha value is -2.61. The largest absolute Gasteiger partial charge is 0.378 e. The van der Waals surface area contributed by atoms with E-state index in [1.807, 2.05) is 25.1 Å². The van der Waals surface area contributed by atoms with Crippen molar-refractivity contribution in [2.45, 2.75) is 26.3 Å². The molecule has 0 radical (unpaired) electrons. The molecule has 2 aromatic carbocycles. The quantitative estimate of drug-likeness (QED) is 0.608. The standard InChI is InChI=1S/C24H29ClN6O/c1-3-18-10-19(12-21(11-18)29-6-8-30(9-7-29)22-14-32-15-22)27-24-26-16-31(28-24)20-5-4-17(2)23(25)13-20/h4-5,10-13,16,22H,3,6-9,14-15H2,1-2H3,(H,27,28). The number of piperazine rings is 1. The lowest BCUT2D eigenvalue weighted by Crippen LogP contribution is -2.56. The fourth-order valence-corrected chi connectivity index (χ4v) is 4.39. The highest BCUT2D eigenvalue weighted by Crippen LogP contribution is 2.27. The van der Waals surface area contributed by atoms with Gasteiger partial charge in [-0.2, -0.15) is 4.98 Å². The highest BCUT2D eigenvalue weighted by molar-refractivity contribution is 6.31. The first-order valence-electron chi connectivity index (χ1n) is 11.2. The Kier molecular flexibility index (Phi) is 6.04. The summed E-state index contributed by atoms with van der Waals surface area (Å²) < 4.78 is 7.10. The Morgan fingerprint density at radius 1 is 1.06 bits per heavy atom. The number of aryl methyl sites for hydroxylation is 2. The highest BCUT2D eigenvalue weighted by atomic mass is 35.5. The number of rotatable bonds is 6. The molecule has 0 amide bonds. The van der Waals surface area contributed by atoms with Gasteiger partial charge in [0.2, 0.25) is 5.95 Å². The molecule has 5 rings (SSSR count). The third-order valence-corrected chi connectivity index (χ3v) is 6.78. The Balaban J connectivity index is 1.31. The zero-order valence-electron chi connectivity index (χ0n) is 18.6. The van der Waals surface area contributed by atoms with Crippen molar-refractivity contribution in [3.63, 3.8) is 0 Å². The number of nitrogens with one attached hydrogen (secondary N) is 1. The summed E-state index contributed by atoms with van der Waals surface area (Å²) in [5, 5.41) is 8.70. The van der Waals surface area contributed by atoms with Crippen LogP contribution < -0.4 is 10.2 Å². The van der Waals surface area contributed by atoms with Gasteiger partial charge in [0.15, 0.2) is 0 Å². The maximum atomic E-state index is 6.27. The molecule has 2 fully saturated rings. The number of aromatic nitrogens is 3. The summed E-state index contributed by atoms with van der Waals surface area (Å²) >= 11 is 6.27. The van der Waals surface area contributed by atoms with Crippen molar-refractivity contribution in [3.05, 3.63) is 58.9 Å². The first kappa shape index (κ1) is 21.2. The van der Waals surface area contributed by atoms with Crippen molar-refractivity contribution in [2.75, 3.05) is 49.6 Å². The summed E-state index contributed by atoms with van der Waals surface area (Å²) in [6.07, 6.45) is 2.68. The number of ether oxygens (including phenoxy) is 1. The van der Waals surface area contributed by atoms with Crippen molar-refractivity contribution in [3.8, 4) is 5.69 Å². The van der Waals surface area contributed by atoms with Gasteiger partial charge in [0.1, 0.15) is 6.33 Å². The van der Waals surface area contributed by atoms with Crippen LogP contribution in [-0.4, -0.2) is 65.1 Å². The molecule has 7 nitrogen and oxygen atoms in total. The van der Waals surface area contributed by atoms with Gasteiger partial charge >= 0.3 is 0 Å². The van der Waals surface area contributed by atoms with Crippen LogP contribution in [0.3, 0.4) is 0 Å². The van der Waals surface area contributed by atoms with E-state index in [1.54, 1.807) is 11.0 Å². The maximum Gasteiger partial charge on any atom is 0.246 e.